The normalized spacial score (nSPS) is 12.2. The smallest absolute Gasteiger partial charge is 0.328 e. The summed E-state index contributed by atoms with van der Waals surface area (Å²) in [5, 5.41) is 28.7. The maximum absolute atomic E-state index is 9.82. The van der Waals surface area contributed by atoms with Crippen LogP contribution in [0.1, 0.15) is 20.8 Å². The van der Waals surface area contributed by atoms with Gasteiger partial charge in [-0.25, -0.2) is 14.6 Å². The summed E-state index contributed by atoms with van der Waals surface area (Å²) in [5.41, 5.74) is -0.00356. The van der Waals surface area contributed by atoms with Crippen molar-refractivity contribution >= 4 is 23.7 Å². The Bertz CT molecular complexity index is 585. The van der Waals surface area contributed by atoms with E-state index in [1.807, 2.05) is 18.4 Å². The van der Waals surface area contributed by atoms with Gasteiger partial charge in [0, 0.05) is 30.4 Å². The number of aliphatic hydroxyl groups excluding tert-OH is 1. The molecule has 0 bridgehead atoms. The van der Waals surface area contributed by atoms with Crippen molar-refractivity contribution < 1.29 is 29.6 Å². The second-order valence-electron chi connectivity index (χ2n) is 6.12. The first-order chi connectivity index (χ1) is 12.0. The van der Waals surface area contributed by atoms with Crippen molar-refractivity contribution in [1.82, 2.24) is 10.3 Å². The average Bonchev–Trinajstić information content (AvgIpc) is 2.56. The third kappa shape index (κ3) is 13.2. The third-order valence-corrected chi connectivity index (χ3v) is 3.36. The van der Waals surface area contributed by atoms with E-state index in [1.54, 1.807) is 18.0 Å². The Labute approximate surface area is 157 Å². The van der Waals surface area contributed by atoms with Crippen LogP contribution in [0.15, 0.2) is 35.4 Å². The van der Waals surface area contributed by atoms with Crippen LogP contribution < -0.4 is 10.1 Å². The van der Waals surface area contributed by atoms with Crippen molar-refractivity contribution in [2.45, 2.75) is 37.3 Å². The molecule has 0 saturated carbocycles. The van der Waals surface area contributed by atoms with Gasteiger partial charge >= 0.3 is 11.9 Å². The number of carboxylic acid groups (broad SMARTS) is 2. The van der Waals surface area contributed by atoms with Gasteiger partial charge in [-0.3, -0.25) is 0 Å². The van der Waals surface area contributed by atoms with E-state index in [0.717, 1.165) is 4.90 Å². The van der Waals surface area contributed by atoms with Crippen LogP contribution in [0, 0.1) is 0 Å². The van der Waals surface area contributed by atoms with Gasteiger partial charge in [0.1, 0.15) is 12.7 Å². The molecule has 0 radical (unpaired) electrons. The number of ether oxygens (including phenoxy) is 1. The molecular formula is C17H26N2O6S. The van der Waals surface area contributed by atoms with Crippen LogP contribution in [-0.4, -0.2) is 63.3 Å². The Kier molecular flexibility index (Phi) is 11.3. The van der Waals surface area contributed by atoms with Crippen LogP contribution in [0.5, 0.6) is 5.88 Å². The number of carbonyl (C=O) groups is 2. The second kappa shape index (κ2) is 12.3. The molecule has 8 nitrogen and oxygen atoms in total. The molecule has 1 aromatic heterocycles. The van der Waals surface area contributed by atoms with E-state index >= 15 is 0 Å². The number of rotatable bonds is 8. The number of pyridine rings is 1. The lowest BCUT2D eigenvalue weighted by Gasteiger charge is -2.23. The standard InChI is InChI=1S/C13H22N2O2S.C4H4O4/c1-13(2,3)15-8-10(16)9-17-12-11(18-4)6-5-7-14-12;5-3(6)1-2-4(7)8/h5-7,10,15-16H,8-9H2,1-4H3;1-2H,(H,5,6)(H,7,8)/b;2-1-. The summed E-state index contributed by atoms with van der Waals surface area (Å²) in [6.07, 6.45) is 4.24. The monoisotopic (exact) mass is 386 g/mol. The highest BCUT2D eigenvalue weighted by Crippen LogP contribution is 2.24. The number of hydrogen-bond acceptors (Lipinski definition) is 7. The zero-order chi connectivity index (χ0) is 20.2. The van der Waals surface area contributed by atoms with Gasteiger partial charge in [0.05, 0.1) is 4.90 Å². The second-order valence-corrected chi connectivity index (χ2v) is 6.96. The molecule has 9 heteroatoms. The van der Waals surface area contributed by atoms with E-state index in [2.05, 4.69) is 31.1 Å². The number of aromatic nitrogens is 1. The molecule has 1 unspecified atom stereocenters. The number of nitrogens with one attached hydrogen (secondary N) is 1. The van der Waals surface area contributed by atoms with Gasteiger partial charge in [-0.2, -0.15) is 0 Å². The highest BCUT2D eigenvalue weighted by atomic mass is 32.2. The maximum Gasteiger partial charge on any atom is 0.328 e. The van der Waals surface area contributed by atoms with E-state index < -0.39 is 18.0 Å². The van der Waals surface area contributed by atoms with E-state index in [1.165, 1.54) is 0 Å². The zero-order valence-corrected chi connectivity index (χ0v) is 16.1. The topological polar surface area (TPSA) is 129 Å². The lowest BCUT2D eigenvalue weighted by atomic mass is 10.1. The van der Waals surface area contributed by atoms with Crippen LogP contribution in [-0.2, 0) is 9.59 Å². The quantitative estimate of drug-likeness (QED) is 0.389. The average molecular weight is 386 g/mol. The number of β-amino-alcohol motifs (C(OH)–C–C–N with tert-alkyl or cyclic N) is 1. The fourth-order valence-corrected chi connectivity index (χ4v) is 1.94. The van der Waals surface area contributed by atoms with E-state index in [4.69, 9.17) is 14.9 Å². The molecule has 0 aromatic carbocycles. The molecule has 1 aromatic rings. The first kappa shape index (κ1) is 23.9. The van der Waals surface area contributed by atoms with E-state index in [-0.39, 0.29) is 12.1 Å². The predicted molar refractivity (Wildman–Crippen MR) is 99.7 cm³/mol. The van der Waals surface area contributed by atoms with Gasteiger partial charge in [0.2, 0.25) is 5.88 Å². The van der Waals surface area contributed by atoms with Crippen LogP contribution in [0.4, 0.5) is 0 Å². The lowest BCUT2D eigenvalue weighted by molar-refractivity contribution is -0.134. The zero-order valence-electron chi connectivity index (χ0n) is 15.3. The maximum atomic E-state index is 9.82. The number of carboxylic acids is 2. The highest BCUT2D eigenvalue weighted by Gasteiger charge is 2.13. The SMILES string of the molecule is CSc1cccnc1OCC(O)CNC(C)(C)C.O=C(O)/C=C\C(=O)O. The molecule has 0 spiro atoms. The summed E-state index contributed by atoms with van der Waals surface area (Å²) in [4.78, 5) is 24.2. The minimum Gasteiger partial charge on any atom is -0.478 e. The summed E-state index contributed by atoms with van der Waals surface area (Å²) in [7, 11) is 0. The highest BCUT2D eigenvalue weighted by molar-refractivity contribution is 7.98. The molecule has 0 saturated heterocycles. The van der Waals surface area contributed by atoms with Gasteiger partial charge < -0.3 is 25.4 Å². The largest absolute Gasteiger partial charge is 0.478 e. The molecule has 0 aliphatic heterocycles. The first-order valence-electron chi connectivity index (χ1n) is 7.74. The predicted octanol–water partition coefficient (Wildman–Crippen LogP) is 1.64. The van der Waals surface area contributed by atoms with Crippen LogP contribution >= 0.6 is 11.8 Å². The minimum absolute atomic E-state index is 0.00356. The first-order valence-corrected chi connectivity index (χ1v) is 8.96. The third-order valence-electron chi connectivity index (χ3n) is 2.61. The van der Waals surface area contributed by atoms with Gasteiger partial charge in [-0.05, 0) is 39.2 Å². The van der Waals surface area contributed by atoms with Crippen molar-refractivity contribution in [2.75, 3.05) is 19.4 Å². The Morgan fingerprint density at radius 2 is 1.88 bits per heavy atom. The summed E-state index contributed by atoms with van der Waals surface area (Å²) < 4.78 is 5.53. The number of nitrogens with zero attached hydrogens (tertiary/aromatic N) is 1. The number of aliphatic carboxylic acids is 2. The molecule has 0 aliphatic carbocycles. The number of hydrogen-bond donors (Lipinski definition) is 4. The van der Waals surface area contributed by atoms with Gasteiger partial charge in [0.25, 0.3) is 0 Å². The molecule has 0 aliphatic rings. The van der Waals surface area contributed by atoms with Crippen molar-refractivity contribution in [2.24, 2.45) is 0 Å². The summed E-state index contributed by atoms with van der Waals surface area (Å²) >= 11 is 1.58. The van der Waals surface area contributed by atoms with Gasteiger partial charge in [-0.15, -0.1) is 11.8 Å². The molecule has 146 valence electrons. The van der Waals surface area contributed by atoms with Gasteiger partial charge in [0.15, 0.2) is 0 Å². The Morgan fingerprint density at radius 3 is 2.35 bits per heavy atom. The van der Waals surface area contributed by atoms with Crippen LogP contribution in [0.3, 0.4) is 0 Å². The summed E-state index contributed by atoms with van der Waals surface area (Å²) in [6, 6.07) is 3.82. The fourth-order valence-electron chi connectivity index (χ4n) is 1.44. The van der Waals surface area contributed by atoms with Crippen LogP contribution in [0.2, 0.25) is 0 Å². The van der Waals surface area contributed by atoms with Gasteiger partial charge in [-0.1, -0.05) is 0 Å². The lowest BCUT2D eigenvalue weighted by Crippen LogP contribution is -2.42. The van der Waals surface area contributed by atoms with Crippen molar-refractivity contribution in [3.63, 3.8) is 0 Å². The van der Waals surface area contributed by atoms with Crippen LogP contribution in [0.25, 0.3) is 0 Å². The Balaban J connectivity index is 0.000000660. The number of aliphatic hydroxyl groups is 1. The number of thioether (sulfide) groups is 1. The molecular weight excluding hydrogens is 360 g/mol. The molecule has 0 amide bonds. The molecule has 1 heterocycles. The molecule has 0 fully saturated rings. The summed E-state index contributed by atoms with van der Waals surface area (Å²) in [6.45, 7) is 6.93. The van der Waals surface area contributed by atoms with Crippen molar-refractivity contribution in [1.29, 1.82) is 0 Å². The molecule has 26 heavy (non-hydrogen) atoms. The van der Waals surface area contributed by atoms with Crippen molar-refractivity contribution in [3.8, 4) is 5.88 Å². The molecule has 1 atom stereocenters. The fraction of sp³-hybridized carbons (Fsp3) is 0.471. The summed E-state index contributed by atoms with van der Waals surface area (Å²) in [5.74, 6) is -1.93. The van der Waals surface area contributed by atoms with E-state index in [9.17, 15) is 14.7 Å². The molecule has 4 N–H and O–H groups in total. The van der Waals surface area contributed by atoms with E-state index in [0.29, 0.717) is 24.6 Å². The molecule has 1 rings (SSSR count). The Morgan fingerprint density at radius 1 is 1.31 bits per heavy atom. The van der Waals surface area contributed by atoms with Crippen molar-refractivity contribution in [3.05, 3.63) is 30.5 Å². The minimum atomic E-state index is -1.26. The Hall–Kier alpha value is -2.10.